The molecule has 2 unspecified atom stereocenters. The molecule has 31 heavy (non-hydrogen) atoms. The van der Waals surface area contributed by atoms with Crippen LogP contribution in [0.2, 0.25) is 0 Å². The number of ether oxygens (including phenoxy) is 1. The van der Waals surface area contributed by atoms with Crippen molar-refractivity contribution < 1.29 is 4.74 Å². The van der Waals surface area contributed by atoms with Gasteiger partial charge in [0.25, 0.3) is 0 Å². The van der Waals surface area contributed by atoms with Crippen molar-refractivity contribution in [3.05, 3.63) is 84.8 Å². The fourth-order valence-electron chi connectivity index (χ4n) is 4.10. The van der Waals surface area contributed by atoms with Gasteiger partial charge in [-0.25, -0.2) is 9.97 Å². The van der Waals surface area contributed by atoms with E-state index in [0.29, 0.717) is 30.1 Å². The second kappa shape index (κ2) is 7.16. The fraction of sp³-hybridized carbons (Fsp3) is 0.200. The summed E-state index contributed by atoms with van der Waals surface area (Å²) in [6, 6.07) is 16.6. The zero-order chi connectivity index (χ0) is 20.8. The highest BCUT2D eigenvalue weighted by Crippen LogP contribution is 2.47. The van der Waals surface area contributed by atoms with Crippen LogP contribution >= 0.6 is 0 Å². The number of benzene rings is 1. The Morgan fingerprint density at radius 2 is 1.97 bits per heavy atom. The van der Waals surface area contributed by atoms with E-state index in [-0.39, 0.29) is 0 Å². The first-order valence-electron chi connectivity index (χ1n) is 10.5. The Kier molecular flexibility index (Phi) is 4.16. The van der Waals surface area contributed by atoms with Gasteiger partial charge in [-0.2, -0.15) is 4.98 Å². The average Bonchev–Trinajstić information content (AvgIpc) is 3.43. The molecule has 2 atom stereocenters. The maximum absolute atomic E-state index is 6.23. The van der Waals surface area contributed by atoms with Crippen molar-refractivity contribution in [2.24, 2.45) is 5.92 Å². The summed E-state index contributed by atoms with van der Waals surface area (Å²) < 4.78 is 8.21. The second-order valence-corrected chi connectivity index (χ2v) is 8.09. The van der Waals surface area contributed by atoms with E-state index in [4.69, 9.17) is 9.72 Å². The highest BCUT2D eigenvalue weighted by atomic mass is 16.5. The molecule has 1 fully saturated rings. The van der Waals surface area contributed by atoms with Crippen molar-refractivity contribution >= 4 is 16.6 Å². The number of pyridine rings is 2. The normalized spacial score (nSPS) is 17.8. The first kappa shape index (κ1) is 18.0. The van der Waals surface area contributed by atoms with Crippen LogP contribution in [0.4, 0.5) is 0 Å². The van der Waals surface area contributed by atoms with Crippen LogP contribution in [0.3, 0.4) is 0 Å². The number of aryl methyl sites for hydroxylation is 1. The number of imidazole rings is 1. The molecular weight excluding hydrogens is 386 g/mol. The summed E-state index contributed by atoms with van der Waals surface area (Å²) in [7, 11) is 0. The highest BCUT2D eigenvalue weighted by Gasteiger charge is 2.40. The van der Waals surface area contributed by atoms with Gasteiger partial charge in [0.2, 0.25) is 5.88 Å². The maximum Gasteiger partial charge on any atom is 0.224 e. The maximum atomic E-state index is 6.23. The Morgan fingerprint density at radius 1 is 1.03 bits per heavy atom. The molecule has 5 aromatic rings. The number of hydrogen-bond donors (Lipinski definition) is 0. The predicted octanol–water partition coefficient (Wildman–Crippen LogP) is 4.83. The van der Waals surface area contributed by atoms with Gasteiger partial charge in [0.1, 0.15) is 11.5 Å². The highest BCUT2D eigenvalue weighted by molar-refractivity contribution is 5.78. The zero-order valence-corrected chi connectivity index (χ0v) is 17.1. The number of fused-ring (bicyclic) bond motifs is 2. The van der Waals surface area contributed by atoms with E-state index < -0.39 is 0 Å². The van der Waals surface area contributed by atoms with E-state index in [1.165, 1.54) is 5.39 Å². The molecule has 4 aromatic heterocycles. The van der Waals surface area contributed by atoms with Gasteiger partial charge in [-0.3, -0.25) is 4.98 Å². The second-order valence-electron chi connectivity index (χ2n) is 8.09. The van der Waals surface area contributed by atoms with Crippen LogP contribution in [-0.4, -0.2) is 30.9 Å². The van der Waals surface area contributed by atoms with Crippen molar-refractivity contribution in [1.82, 2.24) is 24.3 Å². The summed E-state index contributed by atoms with van der Waals surface area (Å²) in [4.78, 5) is 18.1. The van der Waals surface area contributed by atoms with E-state index in [2.05, 4.69) is 39.2 Å². The fourth-order valence-corrected chi connectivity index (χ4v) is 4.10. The van der Waals surface area contributed by atoms with E-state index in [9.17, 15) is 0 Å². The Hall–Kier alpha value is -3.80. The zero-order valence-electron chi connectivity index (χ0n) is 17.1. The molecule has 1 saturated carbocycles. The lowest BCUT2D eigenvalue weighted by atomic mass is 10.1. The Morgan fingerprint density at radius 3 is 2.94 bits per heavy atom. The van der Waals surface area contributed by atoms with Gasteiger partial charge in [-0.05, 0) is 37.6 Å². The molecule has 0 spiro atoms. The number of para-hydroxylation sites is 1. The number of hydrogen-bond acceptors (Lipinski definition) is 5. The smallest absolute Gasteiger partial charge is 0.224 e. The van der Waals surface area contributed by atoms with Gasteiger partial charge in [-0.15, -0.1) is 0 Å². The monoisotopic (exact) mass is 407 g/mol. The standard InChI is InChI=1S/C25H21N5O/c1-16-27-13-21(18-7-9-24-26-10-11-30(24)14-18)25(28-16)31-15-19-12-20(19)23-8-6-17-4-2-3-5-22(17)29-23/h2-11,13-14,19-20H,12,15H2,1H3. The number of nitrogens with zero attached hydrogens (tertiary/aromatic N) is 5. The molecule has 6 nitrogen and oxygen atoms in total. The third-order valence-corrected chi connectivity index (χ3v) is 5.93. The summed E-state index contributed by atoms with van der Waals surface area (Å²) in [6.07, 6.45) is 8.68. The molecule has 1 aliphatic rings. The molecule has 0 radical (unpaired) electrons. The third kappa shape index (κ3) is 3.40. The van der Waals surface area contributed by atoms with E-state index in [0.717, 1.165) is 34.4 Å². The molecule has 1 aliphatic carbocycles. The van der Waals surface area contributed by atoms with Crippen molar-refractivity contribution in [3.8, 4) is 17.0 Å². The first-order valence-corrected chi connectivity index (χ1v) is 10.5. The molecule has 0 bridgehead atoms. The van der Waals surface area contributed by atoms with Gasteiger partial charge in [0.15, 0.2) is 0 Å². The quantitative estimate of drug-likeness (QED) is 0.417. The van der Waals surface area contributed by atoms with E-state index in [1.54, 1.807) is 6.20 Å². The molecule has 0 N–H and O–H groups in total. The lowest BCUT2D eigenvalue weighted by molar-refractivity contribution is 0.285. The number of rotatable bonds is 5. The summed E-state index contributed by atoms with van der Waals surface area (Å²) >= 11 is 0. The van der Waals surface area contributed by atoms with Crippen LogP contribution in [0, 0.1) is 12.8 Å². The van der Waals surface area contributed by atoms with Crippen molar-refractivity contribution in [3.63, 3.8) is 0 Å². The van der Waals surface area contributed by atoms with E-state index >= 15 is 0 Å². The lowest BCUT2D eigenvalue weighted by Crippen LogP contribution is -2.06. The lowest BCUT2D eigenvalue weighted by Gasteiger charge is -2.11. The number of aromatic nitrogens is 5. The molecule has 0 aliphatic heterocycles. The minimum absolute atomic E-state index is 0.443. The van der Waals surface area contributed by atoms with Crippen LogP contribution in [0.15, 0.2) is 73.3 Å². The minimum Gasteiger partial charge on any atom is -0.477 e. The first-order chi connectivity index (χ1) is 15.2. The molecule has 4 heterocycles. The van der Waals surface area contributed by atoms with Crippen LogP contribution in [0.1, 0.15) is 23.9 Å². The Balaban J connectivity index is 1.22. The van der Waals surface area contributed by atoms with E-state index in [1.807, 2.05) is 54.2 Å². The van der Waals surface area contributed by atoms with Crippen molar-refractivity contribution in [1.29, 1.82) is 0 Å². The third-order valence-electron chi connectivity index (χ3n) is 5.93. The Labute approximate surface area is 179 Å². The predicted molar refractivity (Wildman–Crippen MR) is 119 cm³/mol. The van der Waals surface area contributed by atoms with Gasteiger partial charge >= 0.3 is 0 Å². The average molecular weight is 407 g/mol. The summed E-state index contributed by atoms with van der Waals surface area (Å²) in [5.74, 6) is 2.22. The van der Waals surface area contributed by atoms with Gasteiger partial charge in [-0.1, -0.05) is 24.3 Å². The van der Waals surface area contributed by atoms with Gasteiger partial charge < -0.3 is 9.14 Å². The minimum atomic E-state index is 0.443. The Bertz CT molecular complexity index is 1410. The summed E-state index contributed by atoms with van der Waals surface area (Å²) in [5, 5.41) is 1.18. The van der Waals surface area contributed by atoms with Gasteiger partial charge in [0.05, 0.1) is 17.7 Å². The SMILES string of the molecule is Cc1ncc(-c2ccc3nccn3c2)c(OCC2CC2c2ccc3ccccc3n2)n1. The molecule has 1 aromatic carbocycles. The molecule has 6 rings (SSSR count). The topological polar surface area (TPSA) is 65.2 Å². The van der Waals surface area contributed by atoms with Gasteiger partial charge in [0, 0.05) is 53.3 Å². The van der Waals surface area contributed by atoms with Crippen LogP contribution in [-0.2, 0) is 0 Å². The largest absolute Gasteiger partial charge is 0.477 e. The molecule has 6 heteroatoms. The molecular formula is C25H21N5O. The van der Waals surface area contributed by atoms with Crippen molar-refractivity contribution in [2.75, 3.05) is 6.61 Å². The summed E-state index contributed by atoms with van der Waals surface area (Å²) in [5.41, 5.74) is 5.00. The molecule has 152 valence electrons. The van der Waals surface area contributed by atoms with Crippen molar-refractivity contribution in [2.45, 2.75) is 19.3 Å². The summed E-state index contributed by atoms with van der Waals surface area (Å²) in [6.45, 7) is 2.50. The van der Waals surface area contributed by atoms with Crippen LogP contribution < -0.4 is 4.74 Å². The molecule has 0 saturated heterocycles. The van der Waals surface area contributed by atoms with Crippen LogP contribution in [0.5, 0.6) is 5.88 Å². The molecule has 0 amide bonds. The van der Waals surface area contributed by atoms with Crippen LogP contribution in [0.25, 0.3) is 27.7 Å².